The first-order valence-electron chi connectivity index (χ1n) is 8.05. The quantitative estimate of drug-likeness (QED) is 0.301. The van der Waals surface area contributed by atoms with Crippen molar-refractivity contribution in [1.82, 2.24) is 0 Å². The monoisotopic (exact) mass is 408 g/mol. The molecule has 0 atom stereocenters. The Bertz CT molecular complexity index is 933. The highest BCUT2D eigenvalue weighted by atomic mass is 79.9. The maximum Gasteiger partial charge on any atom is 0.344 e. The summed E-state index contributed by atoms with van der Waals surface area (Å²) in [4.78, 5) is 12.4. The van der Waals surface area contributed by atoms with Crippen molar-refractivity contribution >= 4 is 34.1 Å². The molecule has 0 spiro atoms. The van der Waals surface area contributed by atoms with Crippen LogP contribution in [0.3, 0.4) is 0 Å². The van der Waals surface area contributed by atoms with Crippen LogP contribution in [0.5, 0.6) is 11.5 Å². The zero-order valence-corrected chi connectivity index (χ0v) is 15.8. The van der Waals surface area contributed by atoms with Gasteiger partial charge in [-0.3, -0.25) is 0 Å². The van der Waals surface area contributed by atoms with Crippen LogP contribution in [-0.4, -0.2) is 13.1 Å². The number of methoxy groups -OCH3 is 1. The van der Waals surface area contributed by atoms with Gasteiger partial charge >= 0.3 is 5.97 Å². The minimum atomic E-state index is -0.441. The van der Waals surface area contributed by atoms with E-state index in [4.69, 9.17) is 9.47 Å². The lowest BCUT2D eigenvalue weighted by Gasteiger charge is -2.10. The summed E-state index contributed by atoms with van der Waals surface area (Å²) in [6.07, 6.45) is 4.00. The van der Waals surface area contributed by atoms with Crippen LogP contribution in [0.2, 0.25) is 0 Å². The van der Waals surface area contributed by atoms with Crippen LogP contribution in [0.25, 0.3) is 12.2 Å². The number of halogens is 1. The van der Waals surface area contributed by atoms with Crippen molar-refractivity contribution in [1.29, 1.82) is 0 Å². The second-order valence-electron chi connectivity index (χ2n) is 5.52. The second-order valence-corrected chi connectivity index (χ2v) is 6.38. The van der Waals surface area contributed by atoms with E-state index in [2.05, 4.69) is 15.9 Å². The van der Waals surface area contributed by atoms with E-state index in [1.54, 1.807) is 31.4 Å². The maximum atomic E-state index is 12.4. The highest BCUT2D eigenvalue weighted by Gasteiger charge is 2.14. The summed E-state index contributed by atoms with van der Waals surface area (Å²) in [5.41, 5.74) is 2.52. The number of benzene rings is 3. The molecule has 0 fully saturated rings. The standard InChI is InChI=1S/C22H17BrO3/c1-25-21-15-17(12-11-16-7-3-2-4-8-16)13-14-20(21)26-22(24)18-9-5-6-10-19(18)23/h2-15H,1H3. The first kappa shape index (κ1) is 18.0. The molecule has 0 aliphatic heterocycles. The van der Waals surface area contributed by atoms with Crippen LogP contribution in [0.1, 0.15) is 21.5 Å². The van der Waals surface area contributed by atoms with E-state index >= 15 is 0 Å². The van der Waals surface area contributed by atoms with E-state index in [-0.39, 0.29) is 0 Å². The van der Waals surface area contributed by atoms with Gasteiger partial charge in [-0.25, -0.2) is 4.79 Å². The Morgan fingerprint density at radius 1 is 0.846 bits per heavy atom. The molecule has 4 heteroatoms. The number of ether oxygens (including phenoxy) is 2. The molecule has 0 unspecified atom stereocenters. The maximum absolute atomic E-state index is 12.4. The highest BCUT2D eigenvalue weighted by molar-refractivity contribution is 9.10. The molecule has 3 rings (SSSR count). The van der Waals surface area contributed by atoms with Crippen molar-refractivity contribution < 1.29 is 14.3 Å². The van der Waals surface area contributed by atoms with Gasteiger partial charge in [0.05, 0.1) is 12.7 Å². The van der Waals surface area contributed by atoms with Gasteiger partial charge < -0.3 is 9.47 Å². The lowest BCUT2D eigenvalue weighted by Crippen LogP contribution is -2.10. The lowest BCUT2D eigenvalue weighted by molar-refractivity contribution is 0.0729. The molecule has 0 saturated carbocycles. The van der Waals surface area contributed by atoms with Crippen molar-refractivity contribution in [2.75, 3.05) is 7.11 Å². The summed E-state index contributed by atoms with van der Waals surface area (Å²) in [5, 5.41) is 0. The van der Waals surface area contributed by atoms with Gasteiger partial charge in [0.15, 0.2) is 11.5 Å². The fourth-order valence-electron chi connectivity index (χ4n) is 2.41. The topological polar surface area (TPSA) is 35.5 Å². The van der Waals surface area contributed by atoms with E-state index < -0.39 is 5.97 Å². The highest BCUT2D eigenvalue weighted by Crippen LogP contribution is 2.30. The second kappa shape index (κ2) is 8.50. The smallest absolute Gasteiger partial charge is 0.344 e. The molecule has 26 heavy (non-hydrogen) atoms. The van der Waals surface area contributed by atoms with Crippen LogP contribution in [0, 0.1) is 0 Å². The molecule has 3 nitrogen and oxygen atoms in total. The summed E-state index contributed by atoms with van der Waals surface area (Å²) < 4.78 is 11.6. The molecule has 0 aliphatic rings. The average molecular weight is 409 g/mol. The van der Waals surface area contributed by atoms with Crippen molar-refractivity contribution in [2.45, 2.75) is 0 Å². The first-order chi connectivity index (χ1) is 12.7. The van der Waals surface area contributed by atoms with Gasteiger partial charge in [-0.1, -0.05) is 60.7 Å². The van der Waals surface area contributed by atoms with Gasteiger partial charge in [0.2, 0.25) is 0 Å². The van der Waals surface area contributed by atoms with E-state index in [1.807, 2.05) is 60.7 Å². The third-order valence-corrected chi connectivity index (χ3v) is 4.44. The minimum absolute atomic E-state index is 0.380. The average Bonchev–Trinajstić information content (AvgIpc) is 2.68. The zero-order valence-electron chi connectivity index (χ0n) is 14.2. The molecular weight excluding hydrogens is 392 g/mol. The van der Waals surface area contributed by atoms with Crippen LogP contribution in [-0.2, 0) is 0 Å². The zero-order chi connectivity index (χ0) is 18.4. The van der Waals surface area contributed by atoms with Gasteiger partial charge in [0.25, 0.3) is 0 Å². The molecule has 0 heterocycles. The van der Waals surface area contributed by atoms with E-state index in [0.29, 0.717) is 21.5 Å². The van der Waals surface area contributed by atoms with Gasteiger partial charge in [0.1, 0.15) is 0 Å². The minimum Gasteiger partial charge on any atom is -0.493 e. The normalized spacial score (nSPS) is 10.7. The van der Waals surface area contributed by atoms with Crippen molar-refractivity contribution in [3.63, 3.8) is 0 Å². The van der Waals surface area contributed by atoms with Gasteiger partial charge in [0, 0.05) is 4.47 Å². The summed E-state index contributed by atoms with van der Waals surface area (Å²) in [6, 6.07) is 22.6. The van der Waals surface area contributed by atoms with Crippen LogP contribution >= 0.6 is 15.9 Å². The molecule has 3 aromatic rings. The fraction of sp³-hybridized carbons (Fsp3) is 0.0455. The Hall–Kier alpha value is -2.85. The number of hydrogen-bond donors (Lipinski definition) is 0. The van der Waals surface area contributed by atoms with Crippen LogP contribution in [0.15, 0.2) is 77.3 Å². The SMILES string of the molecule is COc1cc(C=Cc2ccccc2)ccc1OC(=O)c1ccccc1Br. The number of rotatable bonds is 5. The van der Waals surface area contributed by atoms with Gasteiger partial charge in [-0.05, 0) is 51.3 Å². The molecule has 0 aliphatic carbocycles. The number of carbonyl (C=O) groups is 1. The van der Waals surface area contributed by atoms with Crippen molar-refractivity contribution in [2.24, 2.45) is 0 Å². The number of hydrogen-bond acceptors (Lipinski definition) is 3. The van der Waals surface area contributed by atoms with Gasteiger partial charge in [-0.15, -0.1) is 0 Å². The lowest BCUT2D eigenvalue weighted by atomic mass is 10.1. The summed E-state index contributed by atoms with van der Waals surface area (Å²) in [5.74, 6) is 0.439. The fourth-order valence-corrected chi connectivity index (χ4v) is 2.86. The molecule has 0 amide bonds. The Morgan fingerprint density at radius 3 is 2.27 bits per heavy atom. The third kappa shape index (κ3) is 4.41. The van der Waals surface area contributed by atoms with Crippen molar-refractivity contribution in [3.05, 3.63) is 94.0 Å². The van der Waals surface area contributed by atoms with Crippen LogP contribution < -0.4 is 9.47 Å². The number of carbonyl (C=O) groups excluding carboxylic acids is 1. The van der Waals surface area contributed by atoms with E-state index in [0.717, 1.165) is 11.1 Å². The predicted octanol–water partition coefficient (Wildman–Crippen LogP) is 5.85. The molecule has 3 aromatic carbocycles. The Morgan fingerprint density at radius 2 is 1.54 bits per heavy atom. The summed E-state index contributed by atoms with van der Waals surface area (Å²) >= 11 is 3.36. The predicted molar refractivity (Wildman–Crippen MR) is 107 cm³/mol. The van der Waals surface area contributed by atoms with E-state index in [9.17, 15) is 4.79 Å². The van der Waals surface area contributed by atoms with Crippen molar-refractivity contribution in [3.8, 4) is 11.5 Å². The Balaban J connectivity index is 1.80. The molecule has 130 valence electrons. The third-order valence-electron chi connectivity index (χ3n) is 3.75. The van der Waals surface area contributed by atoms with Gasteiger partial charge in [-0.2, -0.15) is 0 Å². The molecule has 0 aromatic heterocycles. The summed E-state index contributed by atoms with van der Waals surface area (Å²) in [7, 11) is 1.55. The summed E-state index contributed by atoms with van der Waals surface area (Å²) in [6.45, 7) is 0. The molecule has 0 N–H and O–H groups in total. The Kier molecular flexibility index (Phi) is 5.87. The Labute approximate surface area is 161 Å². The first-order valence-corrected chi connectivity index (χ1v) is 8.84. The molecule has 0 saturated heterocycles. The molecular formula is C22H17BrO3. The number of esters is 1. The molecule has 0 radical (unpaired) electrons. The largest absolute Gasteiger partial charge is 0.493 e. The van der Waals surface area contributed by atoms with Crippen LogP contribution in [0.4, 0.5) is 0 Å². The van der Waals surface area contributed by atoms with E-state index in [1.165, 1.54) is 0 Å². The molecule has 0 bridgehead atoms.